The Bertz CT molecular complexity index is 1050. The summed E-state index contributed by atoms with van der Waals surface area (Å²) >= 11 is 0. The second-order valence-electron chi connectivity index (χ2n) is 7.10. The van der Waals surface area contributed by atoms with E-state index in [9.17, 15) is 9.59 Å². The maximum absolute atomic E-state index is 13.1. The van der Waals surface area contributed by atoms with E-state index in [-0.39, 0.29) is 17.6 Å². The summed E-state index contributed by atoms with van der Waals surface area (Å²) in [6.45, 7) is 3.89. The van der Waals surface area contributed by atoms with E-state index in [1.807, 2.05) is 44.2 Å². The zero-order chi connectivity index (χ0) is 22.2. The predicted molar refractivity (Wildman–Crippen MR) is 119 cm³/mol. The summed E-state index contributed by atoms with van der Waals surface area (Å²) < 4.78 is 10.5. The Labute approximate surface area is 181 Å². The average Bonchev–Trinajstić information content (AvgIpc) is 3.30. The Morgan fingerprint density at radius 2 is 1.87 bits per heavy atom. The number of carbonyl (C=O) groups excluding carboxylic acids is 2. The van der Waals surface area contributed by atoms with Crippen molar-refractivity contribution in [3.63, 3.8) is 0 Å². The summed E-state index contributed by atoms with van der Waals surface area (Å²) in [5, 5.41) is 5.72. The molecule has 0 radical (unpaired) electrons. The number of aryl methyl sites for hydroxylation is 1. The maximum Gasteiger partial charge on any atom is 0.268 e. The number of benzene rings is 2. The lowest BCUT2D eigenvalue weighted by molar-refractivity contribution is -0.118. The molecular formula is C25H26N2O4. The van der Waals surface area contributed by atoms with E-state index in [0.717, 1.165) is 16.9 Å². The standard InChI is InChI=1S/C25H26N2O4/c1-4-22(18-10-12-20(30-3)13-11-18)26-25(29)23(16-21-9-6-14-31-21)27-24(28)19-8-5-7-17(2)15-19/h5-16,22H,4H2,1-3H3,(H,26,29)(H,27,28)/b23-16-/t22-/m0/s1. The topological polar surface area (TPSA) is 80.6 Å². The van der Waals surface area contributed by atoms with Crippen molar-refractivity contribution in [2.45, 2.75) is 26.3 Å². The molecule has 1 aromatic heterocycles. The Morgan fingerprint density at radius 3 is 2.48 bits per heavy atom. The molecule has 3 rings (SSSR count). The van der Waals surface area contributed by atoms with Crippen LogP contribution in [0.5, 0.6) is 5.75 Å². The highest BCUT2D eigenvalue weighted by Gasteiger charge is 2.19. The zero-order valence-corrected chi connectivity index (χ0v) is 17.8. The van der Waals surface area contributed by atoms with Crippen molar-refractivity contribution in [2.24, 2.45) is 0 Å². The van der Waals surface area contributed by atoms with Crippen LogP contribution < -0.4 is 15.4 Å². The van der Waals surface area contributed by atoms with Gasteiger partial charge in [-0.05, 0) is 55.3 Å². The first-order chi connectivity index (χ1) is 15.0. The molecule has 2 aromatic carbocycles. The van der Waals surface area contributed by atoms with Crippen molar-refractivity contribution in [3.8, 4) is 5.75 Å². The van der Waals surface area contributed by atoms with Gasteiger partial charge < -0.3 is 19.8 Å². The summed E-state index contributed by atoms with van der Waals surface area (Å²) in [6.07, 6.45) is 3.71. The second-order valence-corrected chi connectivity index (χ2v) is 7.10. The number of carbonyl (C=O) groups is 2. The lowest BCUT2D eigenvalue weighted by atomic mass is 10.0. The number of nitrogens with one attached hydrogen (secondary N) is 2. The molecule has 1 atom stereocenters. The van der Waals surface area contributed by atoms with Crippen molar-refractivity contribution in [2.75, 3.05) is 7.11 Å². The Kier molecular flexibility index (Phi) is 7.27. The molecule has 0 saturated heterocycles. The molecule has 0 saturated carbocycles. The predicted octanol–water partition coefficient (Wildman–Crippen LogP) is 4.64. The van der Waals surface area contributed by atoms with Crippen molar-refractivity contribution in [1.29, 1.82) is 0 Å². The maximum atomic E-state index is 13.1. The van der Waals surface area contributed by atoms with Gasteiger partial charge in [0.25, 0.3) is 11.8 Å². The van der Waals surface area contributed by atoms with Gasteiger partial charge >= 0.3 is 0 Å². The monoisotopic (exact) mass is 418 g/mol. The molecule has 2 amide bonds. The van der Waals surface area contributed by atoms with Crippen molar-refractivity contribution in [1.82, 2.24) is 10.6 Å². The van der Waals surface area contributed by atoms with E-state index in [4.69, 9.17) is 9.15 Å². The summed E-state index contributed by atoms with van der Waals surface area (Å²) in [4.78, 5) is 25.9. The molecule has 1 heterocycles. The van der Waals surface area contributed by atoms with Gasteiger partial charge in [0.2, 0.25) is 0 Å². The third kappa shape index (κ3) is 5.85. The Balaban J connectivity index is 1.82. The molecule has 0 aliphatic carbocycles. The van der Waals surface area contributed by atoms with Crippen LogP contribution in [-0.2, 0) is 4.79 Å². The van der Waals surface area contributed by atoms with Gasteiger partial charge in [-0.15, -0.1) is 0 Å². The minimum Gasteiger partial charge on any atom is -0.497 e. The number of hydrogen-bond donors (Lipinski definition) is 2. The van der Waals surface area contributed by atoms with Gasteiger partial charge in [0.15, 0.2) is 0 Å². The number of methoxy groups -OCH3 is 1. The Morgan fingerprint density at radius 1 is 1.10 bits per heavy atom. The zero-order valence-electron chi connectivity index (χ0n) is 17.8. The van der Waals surface area contributed by atoms with Gasteiger partial charge in [0, 0.05) is 11.6 Å². The van der Waals surface area contributed by atoms with Gasteiger partial charge in [-0.2, -0.15) is 0 Å². The summed E-state index contributed by atoms with van der Waals surface area (Å²) in [5.41, 5.74) is 2.48. The van der Waals surface area contributed by atoms with Crippen molar-refractivity contribution >= 4 is 17.9 Å². The van der Waals surface area contributed by atoms with Crippen LogP contribution in [0.25, 0.3) is 6.08 Å². The largest absolute Gasteiger partial charge is 0.497 e. The lowest BCUT2D eigenvalue weighted by Crippen LogP contribution is -2.36. The van der Waals surface area contributed by atoms with Gasteiger partial charge in [0.1, 0.15) is 17.2 Å². The van der Waals surface area contributed by atoms with Crippen LogP contribution in [0.2, 0.25) is 0 Å². The van der Waals surface area contributed by atoms with Crippen LogP contribution in [0.4, 0.5) is 0 Å². The molecule has 0 bridgehead atoms. The molecule has 0 fully saturated rings. The van der Waals surface area contributed by atoms with Crippen LogP contribution in [0.15, 0.2) is 77.0 Å². The normalized spacial score (nSPS) is 12.2. The third-order valence-electron chi connectivity index (χ3n) is 4.83. The fraction of sp³-hybridized carbons (Fsp3) is 0.200. The first kappa shape index (κ1) is 21.9. The van der Waals surface area contributed by atoms with Crippen LogP contribution in [0.3, 0.4) is 0 Å². The molecule has 6 nitrogen and oxygen atoms in total. The first-order valence-electron chi connectivity index (χ1n) is 10.1. The number of furan rings is 1. The van der Waals surface area contributed by atoms with Crippen LogP contribution in [0.1, 0.15) is 46.6 Å². The highest BCUT2D eigenvalue weighted by atomic mass is 16.5. The lowest BCUT2D eigenvalue weighted by Gasteiger charge is -2.19. The second kappa shape index (κ2) is 10.3. The average molecular weight is 418 g/mol. The molecule has 31 heavy (non-hydrogen) atoms. The van der Waals surface area contributed by atoms with Gasteiger partial charge in [-0.25, -0.2) is 0 Å². The highest BCUT2D eigenvalue weighted by molar-refractivity contribution is 6.05. The number of rotatable bonds is 8. The molecule has 0 spiro atoms. The van der Waals surface area contributed by atoms with E-state index in [1.165, 1.54) is 12.3 Å². The van der Waals surface area contributed by atoms with Crippen molar-refractivity contribution in [3.05, 3.63) is 95.1 Å². The molecule has 0 aliphatic rings. The van der Waals surface area contributed by atoms with Crippen molar-refractivity contribution < 1.29 is 18.7 Å². The van der Waals surface area contributed by atoms with Crippen LogP contribution in [-0.4, -0.2) is 18.9 Å². The van der Waals surface area contributed by atoms with E-state index >= 15 is 0 Å². The molecule has 0 unspecified atom stereocenters. The smallest absolute Gasteiger partial charge is 0.268 e. The van der Waals surface area contributed by atoms with Gasteiger partial charge in [0.05, 0.1) is 19.4 Å². The molecule has 6 heteroatoms. The molecule has 0 aliphatic heterocycles. The van der Waals surface area contributed by atoms with E-state index < -0.39 is 5.91 Å². The quantitative estimate of drug-likeness (QED) is 0.523. The minimum atomic E-state index is -0.403. The van der Waals surface area contributed by atoms with E-state index in [1.54, 1.807) is 37.4 Å². The fourth-order valence-corrected chi connectivity index (χ4v) is 3.15. The molecule has 3 aromatic rings. The third-order valence-corrected chi connectivity index (χ3v) is 4.83. The molecular weight excluding hydrogens is 392 g/mol. The van der Waals surface area contributed by atoms with E-state index in [2.05, 4.69) is 10.6 Å². The summed E-state index contributed by atoms with van der Waals surface area (Å²) in [7, 11) is 1.61. The number of amides is 2. The number of ether oxygens (including phenoxy) is 1. The fourth-order valence-electron chi connectivity index (χ4n) is 3.15. The van der Waals surface area contributed by atoms with Gasteiger partial charge in [-0.3, -0.25) is 9.59 Å². The summed E-state index contributed by atoms with van der Waals surface area (Å²) in [5.74, 6) is 0.440. The van der Waals surface area contributed by atoms with Crippen LogP contribution in [0, 0.1) is 6.92 Å². The number of hydrogen-bond acceptors (Lipinski definition) is 4. The Hall–Kier alpha value is -3.80. The van der Waals surface area contributed by atoms with Crippen LogP contribution >= 0.6 is 0 Å². The molecule has 2 N–H and O–H groups in total. The SMILES string of the molecule is CC[C@H](NC(=O)/C(=C/c1ccco1)NC(=O)c1cccc(C)c1)c1ccc(OC)cc1. The first-order valence-corrected chi connectivity index (χ1v) is 10.1. The summed E-state index contributed by atoms with van der Waals surface area (Å²) in [6, 6.07) is 17.9. The molecule has 160 valence electrons. The highest BCUT2D eigenvalue weighted by Crippen LogP contribution is 2.21. The minimum absolute atomic E-state index is 0.105. The van der Waals surface area contributed by atoms with E-state index in [0.29, 0.717) is 17.7 Å². The van der Waals surface area contributed by atoms with Gasteiger partial charge in [-0.1, -0.05) is 36.8 Å².